The molecule has 0 saturated heterocycles. The van der Waals surface area contributed by atoms with Gasteiger partial charge in [-0.25, -0.2) is 0 Å². The van der Waals surface area contributed by atoms with Crippen LogP contribution in [0.25, 0.3) is 0 Å². The number of nitriles is 1. The second kappa shape index (κ2) is 5.64. The summed E-state index contributed by atoms with van der Waals surface area (Å²) in [4.78, 5) is 0. The molecule has 0 aliphatic carbocycles. The minimum absolute atomic E-state index is 0.500. The van der Waals surface area contributed by atoms with Crippen molar-refractivity contribution in [1.29, 1.82) is 5.26 Å². The number of allylic oxidation sites excluding steroid dienone is 4. The molecule has 0 fully saturated rings. The van der Waals surface area contributed by atoms with Crippen LogP contribution in [-0.4, -0.2) is 0 Å². The van der Waals surface area contributed by atoms with Crippen molar-refractivity contribution < 1.29 is 4.74 Å². The molecule has 0 radical (unpaired) electrons. The van der Waals surface area contributed by atoms with Crippen LogP contribution < -0.4 is 0 Å². The number of hydrogen-bond acceptors (Lipinski definition) is 2. The molecule has 0 unspecified atom stereocenters. The van der Waals surface area contributed by atoms with Gasteiger partial charge >= 0.3 is 0 Å². The zero-order valence-electron chi connectivity index (χ0n) is 5.87. The second-order valence-corrected chi connectivity index (χ2v) is 1.50. The van der Waals surface area contributed by atoms with E-state index in [1.165, 1.54) is 0 Å². The van der Waals surface area contributed by atoms with Gasteiger partial charge in [0.2, 0.25) is 0 Å². The van der Waals surface area contributed by atoms with Crippen molar-refractivity contribution in [2.24, 2.45) is 0 Å². The highest BCUT2D eigenvalue weighted by atomic mass is 16.5. The minimum Gasteiger partial charge on any atom is -0.388 e. The summed E-state index contributed by atoms with van der Waals surface area (Å²) >= 11 is 0. The van der Waals surface area contributed by atoms with E-state index in [2.05, 4.69) is 11.3 Å². The lowest BCUT2D eigenvalue weighted by atomic mass is 10.4. The van der Waals surface area contributed by atoms with Crippen molar-refractivity contribution in [3.8, 4) is 6.26 Å². The zero-order chi connectivity index (χ0) is 7.82. The summed E-state index contributed by atoms with van der Waals surface area (Å²) in [5.41, 5.74) is 0. The van der Waals surface area contributed by atoms with Crippen molar-refractivity contribution >= 4 is 0 Å². The largest absolute Gasteiger partial charge is 0.388 e. The van der Waals surface area contributed by atoms with Gasteiger partial charge in [-0.2, -0.15) is 0 Å². The maximum Gasteiger partial charge on any atom is 0.292 e. The standard InChI is InChI=1S/C8H9NO/c1-3-5-8(6-4-2)10-7-9/h3-6H,1H2,2H3/b6-4-,8-5+. The van der Waals surface area contributed by atoms with Crippen LogP contribution in [0.3, 0.4) is 0 Å². The molecular formula is C8H9NO. The average molecular weight is 135 g/mol. The molecule has 0 rings (SSSR count). The maximum absolute atomic E-state index is 8.11. The van der Waals surface area contributed by atoms with E-state index in [1.807, 2.05) is 6.92 Å². The fourth-order valence-electron chi connectivity index (χ4n) is 0.457. The molecule has 0 saturated carbocycles. The third-order valence-electron chi connectivity index (χ3n) is 0.777. The molecule has 0 aliphatic heterocycles. The fourth-order valence-corrected chi connectivity index (χ4v) is 0.457. The normalized spacial score (nSPS) is 11.0. The van der Waals surface area contributed by atoms with Crippen LogP contribution in [0.15, 0.2) is 36.6 Å². The molecular weight excluding hydrogens is 126 g/mol. The van der Waals surface area contributed by atoms with Crippen LogP contribution in [0.5, 0.6) is 0 Å². The molecule has 0 aromatic carbocycles. The minimum atomic E-state index is 0.500. The van der Waals surface area contributed by atoms with Gasteiger partial charge in [0.05, 0.1) is 0 Å². The predicted molar refractivity (Wildman–Crippen MR) is 39.8 cm³/mol. The molecule has 0 aliphatic rings. The molecule has 10 heavy (non-hydrogen) atoms. The van der Waals surface area contributed by atoms with E-state index < -0.39 is 0 Å². The smallest absolute Gasteiger partial charge is 0.292 e. The monoisotopic (exact) mass is 135 g/mol. The highest BCUT2D eigenvalue weighted by Gasteiger charge is 1.86. The third-order valence-corrected chi connectivity index (χ3v) is 0.777. The van der Waals surface area contributed by atoms with E-state index in [0.717, 1.165) is 0 Å². The molecule has 0 heterocycles. The van der Waals surface area contributed by atoms with Crippen molar-refractivity contribution in [2.75, 3.05) is 0 Å². The number of nitrogens with zero attached hydrogens (tertiary/aromatic N) is 1. The first-order chi connectivity index (χ1) is 4.85. The van der Waals surface area contributed by atoms with E-state index in [1.54, 1.807) is 30.6 Å². The van der Waals surface area contributed by atoms with Crippen molar-refractivity contribution in [2.45, 2.75) is 6.92 Å². The Kier molecular flexibility index (Phi) is 4.80. The molecule has 0 N–H and O–H groups in total. The lowest BCUT2D eigenvalue weighted by molar-refractivity contribution is 0.393. The SMILES string of the molecule is C=C/C=C(\C=C/C)OC#N. The molecule has 52 valence electrons. The molecule has 0 spiro atoms. The van der Waals surface area contributed by atoms with Gasteiger partial charge in [-0.3, -0.25) is 0 Å². The fraction of sp³-hybridized carbons (Fsp3) is 0.125. The summed E-state index contributed by atoms with van der Waals surface area (Å²) in [5.74, 6) is 0.500. The number of ether oxygens (including phenoxy) is 1. The Bertz CT molecular complexity index is 196. The van der Waals surface area contributed by atoms with Gasteiger partial charge in [-0.05, 0) is 19.1 Å². The topological polar surface area (TPSA) is 33.0 Å². The number of rotatable bonds is 3. The molecule has 2 nitrogen and oxygen atoms in total. The highest BCUT2D eigenvalue weighted by molar-refractivity contribution is 5.17. The highest BCUT2D eigenvalue weighted by Crippen LogP contribution is 1.97. The van der Waals surface area contributed by atoms with Crippen LogP contribution in [0, 0.1) is 11.5 Å². The first-order valence-corrected chi connectivity index (χ1v) is 2.86. The summed E-state index contributed by atoms with van der Waals surface area (Å²) in [6.45, 7) is 5.31. The van der Waals surface area contributed by atoms with E-state index in [0.29, 0.717) is 5.76 Å². The quantitative estimate of drug-likeness (QED) is 0.337. The second-order valence-electron chi connectivity index (χ2n) is 1.50. The Morgan fingerprint density at radius 1 is 1.70 bits per heavy atom. The van der Waals surface area contributed by atoms with Crippen LogP contribution in [0.2, 0.25) is 0 Å². The van der Waals surface area contributed by atoms with Crippen LogP contribution in [0.1, 0.15) is 6.92 Å². The van der Waals surface area contributed by atoms with E-state index >= 15 is 0 Å². The summed E-state index contributed by atoms with van der Waals surface area (Å²) in [6.07, 6.45) is 8.22. The first kappa shape index (κ1) is 8.51. The molecule has 0 bridgehead atoms. The third kappa shape index (κ3) is 3.50. The lowest BCUT2D eigenvalue weighted by Crippen LogP contribution is -1.78. The summed E-state index contributed by atoms with van der Waals surface area (Å²) < 4.78 is 4.53. The van der Waals surface area contributed by atoms with Gasteiger partial charge in [0.25, 0.3) is 6.26 Å². The number of hydrogen-bond donors (Lipinski definition) is 0. The Morgan fingerprint density at radius 2 is 2.40 bits per heavy atom. The molecule has 2 heteroatoms. The zero-order valence-corrected chi connectivity index (χ0v) is 5.87. The van der Waals surface area contributed by atoms with Crippen LogP contribution in [-0.2, 0) is 4.74 Å². The molecule has 0 aromatic rings. The van der Waals surface area contributed by atoms with E-state index in [-0.39, 0.29) is 0 Å². The Morgan fingerprint density at radius 3 is 2.80 bits per heavy atom. The summed E-state index contributed by atoms with van der Waals surface area (Å²) in [6, 6.07) is 0. The summed E-state index contributed by atoms with van der Waals surface area (Å²) in [7, 11) is 0. The van der Waals surface area contributed by atoms with Gasteiger partial charge in [0, 0.05) is 0 Å². The lowest BCUT2D eigenvalue weighted by Gasteiger charge is -1.91. The average Bonchev–Trinajstić information content (AvgIpc) is 1.90. The van der Waals surface area contributed by atoms with Crippen molar-refractivity contribution in [3.05, 3.63) is 36.6 Å². The van der Waals surface area contributed by atoms with E-state index in [9.17, 15) is 0 Å². The molecule has 0 aromatic heterocycles. The summed E-state index contributed by atoms with van der Waals surface area (Å²) in [5, 5.41) is 8.11. The Balaban J connectivity index is 4.13. The first-order valence-electron chi connectivity index (χ1n) is 2.86. The van der Waals surface area contributed by atoms with Gasteiger partial charge in [0.15, 0.2) is 0 Å². The van der Waals surface area contributed by atoms with E-state index in [4.69, 9.17) is 5.26 Å². The Hall–Kier alpha value is -1.49. The van der Waals surface area contributed by atoms with Gasteiger partial charge in [0.1, 0.15) is 5.76 Å². The Labute approximate surface area is 60.7 Å². The van der Waals surface area contributed by atoms with Gasteiger partial charge in [-0.1, -0.05) is 18.7 Å². The van der Waals surface area contributed by atoms with Crippen LogP contribution >= 0.6 is 0 Å². The van der Waals surface area contributed by atoms with Gasteiger partial charge < -0.3 is 4.74 Å². The maximum atomic E-state index is 8.11. The van der Waals surface area contributed by atoms with Crippen molar-refractivity contribution in [3.63, 3.8) is 0 Å². The predicted octanol–water partition coefficient (Wildman–Crippen LogP) is 2.13. The molecule has 0 amide bonds. The van der Waals surface area contributed by atoms with Crippen LogP contribution in [0.4, 0.5) is 0 Å². The van der Waals surface area contributed by atoms with Gasteiger partial charge in [-0.15, -0.1) is 5.26 Å². The van der Waals surface area contributed by atoms with Crippen molar-refractivity contribution in [1.82, 2.24) is 0 Å². The molecule has 0 atom stereocenters.